The van der Waals surface area contributed by atoms with Crippen molar-refractivity contribution in [1.82, 2.24) is 5.32 Å². The van der Waals surface area contributed by atoms with Crippen molar-refractivity contribution in [1.29, 1.82) is 0 Å². The lowest BCUT2D eigenvalue weighted by Gasteiger charge is -2.14. The van der Waals surface area contributed by atoms with Crippen molar-refractivity contribution in [3.05, 3.63) is 28.8 Å². The minimum Gasteiger partial charge on any atom is -0.496 e. The van der Waals surface area contributed by atoms with Gasteiger partial charge in [0.2, 0.25) is 0 Å². The smallest absolute Gasteiger partial charge is 0.123 e. The van der Waals surface area contributed by atoms with Crippen LogP contribution in [0.5, 0.6) is 5.75 Å². The van der Waals surface area contributed by atoms with E-state index in [2.05, 4.69) is 12.2 Å². The second-order valence-corrected chi connectivity index (χ2v) is 3.33. The molecular formula is C10H14ClNO. The van der Waals surface area contributed by atoms with Crippen LogP contribution in [-0.4, -0.2) is 14.2 Å². The van der Waals surface area contributed by atoms with Crippen LogP contribution in [0.2, 0.25) is 5.02 Å². The van der Waals surface area contributed by atoms with Crippen molar-refractivity contribution in [2.45, 2.75) is 13.0 Å². The lowest BCUT2D eigenvalue weighted by Crippen LogP contribution is -2.13. The van der Waals surface area contributed by atoms with Crippen LogP contribution in [0.25, 0.3) is 0 Å². The van der Waals surface area contributed by atoms with Crippen LogP contribution >= 0.6 is 11.6 Å². The molecule has 1 atom stereocenters. The molecule has 1 rings (SSSR count). The van der Waals surface area contributed by atoms with E-state index in [9.17, 15) is 0 Å². The average Bonchev–Trinajstić information content (AvgIpc) is 2.16. The van der Waals surface area contributed by atoms with Crippen molar-refractivity contribution < 1.29 is 4.74 Å². The highest BCUT2D eigenvalue weighted by molar-refractivity contribution is 6.30. The van der Waals surface area contributed by atoms with Gasteiger partial charge in [-0.15, -0.1) is 0 Å². The molecule has 1 aromatic carbocycles. The van der Waals surface area contributed by atoms with Gasteiger partial charge >= 0.3 is 0 Å². The molecular weight excluding hydrogens is 186 g/mol. The summed E-state index contributed by atoms with van der Waals surface area (Å²) in [7, 11) is 3.57. The third kappa shape index (κ3) is 2.36. The molecule has 0 aliphatic heterocycles. The summed E-state index contributed by atoms with van der Waals surface area (Å²) in [5, 5.41) is 3.88. The van der Waals surface area contributed by atoms with E-state index in [1.54, 1.807) is 7.11 Å². The Morgan fingerprint density at radius 1 is 1.46 bits per heavy atom. The zero-order chi connectivity index (χ0) is 9.84. The first kappa shape index (κ1) is 10.4. The van der Waals surface area contributed by atoms with Gasteiger partial charge in [0.25, 0.3) is 0 Å². The van der Waals surface area contributed by atoms with E-state index in [-0.39, 0.29) is 6.04 Å². The number of methoxy groups -OCH3 is 1. The molecule has 0 spiro atoms. The topological polar surface area (TPSA) is 21.3 Å². The number of ether oxygens (including phenoxy) is 1. The molecule has 0 aromatic heterocycles. The van der Waals surface area contributed by atoms with Gasteiger partial charge < -0.3 is 10.1 Å². The van der Waals surface area contributed by atoms with E-state index >= 15 is 0 Å². The average molecular weight is 200 g/mol. The second kappa shape index (κ2) is 4.49. The molecule has 0 bridgehead atoms. The number of benzene rings is 1. The number of hydrogen-bond donors (Lipinski definition) is 1. The molecule has 1 aromatic rings. The predicted molar refractivity (Wildman–Crippen MR) is 55.5 cm³/mol. The zero-order valence-corrected chi connectivity index (χ0v) is 8.85. The van der Waals surface area contributed by atoms with E-state index in [0.717, 1.165) is 16.3 Å². The van der Waals surface area contributed by atoms with E-state index in [0.29, 0.717) is 0 Å². The molecule has 0 aliphatic carbocycles. The summed E-state index contributed by atoms with van der Waals surface area (Å²) in [4.78, 5) is 0. The molecule has 3 heteroatoms. The molecule has 0 heterocycles. The van der Waals surface area contributed by atoms with Gasteiger partial charge in [0.05, 0.1) is 7.11 Å². The molecule has 0 aliphatic rings. The highest BCUT2D eigenvalue weighted by atomic mass is 35.5. The number of halogens is 1. The third-order valence-corrected chi connectivity index (χ3v) is 2.33. The summed E-state index contributed by atoms with van der Waals surface area (Å²) in [5.41, 5.74) is 1.08. The molecule has 1 N–H and O–H groups in total. The van der Waals surface area contributed by atoms with Gasteiger partial charge in [0.1, 0.15) is 5.75 Å². The fourth-order valence-electron chi connectivity index (χ4n) is 1.20. The summed E-state index contributed by atoms with van der Waals surface area (Å²) in [5.74, 6) is 0.867. The van der Waals surface area contributed by atoms with E-state index < -0.39 is 0 Å². The van der Waals surface area contributed by atoms with Crippen molar-refractivity contribution in [2.75, 3.05) is 14.2 Å². The quantitative estimate of drug-likeness (QED) is 0.808. The minimum absolute atomic E-state index is 0.244. The molecule has 0 radical (unpaired) electrons. The first-order chi connectivity index (χ1) is 6.19. The fraction of sp³-hybridized carbons (Fsp3) is 0.400. The summed E-state index contributed by atoms with van der Waals surface area (Å²) in [6, 6.07) is 5.87. The molecule has 0 saturated heterocycles. The lowest BCUT2D eigenvalue weighted by atomic mass is 10.1. The molecule has 0 fully saturated rings. The lowest BCUT2D eigenvalue weighted by molar-refractivity contribution is 0.404. The molecule has 0 amide bonds. The van der Waals surface area contributed by atoms with Crippen molar-refractivity contribution in [2.24, 2.45) is 0 Å². The van der Waals surface area contributed by atoms with Gasteiger partial charge in [-0.05, 0) is 32.2 Å². The Balaban J connectivity index is 3.07. The standard InChI is InChI=1S/C10H14ClNO/c1-7(12-2)9-6-8(11)4-5-10(9)13-3/h4-7,12H,1-3H3/t7-/m0/s1. The Morgan fingerprint density at radius 3 is 2.69 bits per heavy atom. The Morgan fingerprint density at radius 2 is 2.15 bits per heavy atom. The van der Waals surface area contributed by atoms with Crippen molar-refractivity contribution in [3.63, 3.8) is 0 Å². The minimum atomic E-state index is 0.244. The third-order valence-electron chi connectivity index (χ3n) is 2.09. The van der Waals surface area contributed by atoms with Crippen LogP contribution in [0.15, 0.2) is 18.2 Å². The van der Waals surface area contributed by atoms with Gasteiger partial charge in [0.15, 0.2) is 0 Å². The van der Waals surface area contributed by atoms with Crippen LogP contribution in [-0.2, 0) is 0 Å². The van der Waals surface area contributed by atoms with Crippen LogP contribution in [0.3, 0.4) is 0 Å². The Labute approximate surface area is 83.9 Å². The summed E-state index contributed by atoms with van der Waals surface area (Å²) in [6.45, 7) is 2.06. The van der Waals surface area contributed by atoms with Crippen LogP contribution < -0.4 is 10.1 Å². The van der Waals surface area contributed by atoms with Gasteiger partial charge in [-0.3, -0.25) is 0 Å². The zero-order valence-electron chi connectivity index (χ0n) is 8.10. The monoisotopic (exact) mass is 199 g/mol. The Kier molecular flexibility index (Phi) is 3.58. The van der Waals surface area contributed by atoms with Crippen LogP contribution in [0.1, 0.15) is 18.5 Å². The maximum absolute atomic E-state index is 5.89. The van der Waals surface area contributed by atoms with E-state index in [1.807, 2.05) is 25.2 Å². The fourth-order valence-corrected chi connectivity index (χ4v) is 1.38. The first-order valence-electron chi connectivity index (χ1n) is 4.19. The second-order valence-electron chi connectivity index (χ2n) is 2.90. The van der Waals surface area contributed by atoms with E-state index in [1.165, 1.54) is 0 Å². The molecule has 13 heavy (non-hydrogen) atoms. The van der Waals surface area contributed by atoms with Crippen LogP contribution in [0.4, 0.5) is 0 Å². The summed E-state index contributed by atoms with van der Waals surface area (Å²) < 4.78 is 5.22. The molecule has 0 saturated carbocycles. The first-order valence-corrected chi connectivity index (χ1v) is 4.57. The van der Waals surface area contributed by atoms with Gasteiger partial charge in [-0.25, -0.2) is 0 Å². The van der Waals surface area contributed by atoms with Crippen molar-refractivity contribution in [3.8, 4) is 5.75 Å². The Bertz CT molecular complexity index is 288. The highest BCUT2D eigenvalue weighted by Gasteiger charge is 2.09. The maximum Gasteiger partial charge on any atom is 0.123 e. The SMILES string of the molecule is CN[C@@H](C)c1cc(Cl)ccc1OC. The summed E-state index contributed by atoms with van der Waals surface area (Å²) in [6.07, 6.45) is 0. The van der Waals surface area contributed by atoms with Crippen LogP contribution in [0, 0.1) is 0 Å². The maximum atomic E-state index is 5.89. The predicted octanol–water partition coefficient (Wildman–Crippen LogP) is 2.63. The molecule has 0 unspecified atom stereocenters. The number of nitrogens with one attached hydrogen (secondary N) is 1. The Hall–Kier alpha value is -0.730. The van der Waals surface area contributed by atoms with Crippen molar-refractivity contribution >= 4 is 11.6 Å². The largest absolute Gasteiger partial charge is 0.496 e. The molecule has 72 valence electrons. The van der Waals surface area contributed by atoms with Gasteiger partial charge in [-0.2, -0.15) is 0 Å². The molecule has 2 nitrogen and oxygen atoms in total. The summed E-state index contributed by atoms with van der Waals surface area (Å²) >= 11 is 5.89. The number of hydrogen-bond acceptors (Lipinski definition) is 2. The number of rotatable bonds is 3. The normalized spacial score (nSPS) is 12.6. The highest BCUT2D eigenvalue weighted by Crippen LogP contribution is 2.27. The van der Waals surface area contributed by atoms with E-state index in [4.69, 9.17) is 16.3 Å². The van der Waals surface area contributed by atoms with Gasteiger partial charge in [-0.1, -0.05) is 11.6 Å². The van der Waals surface area contributed by atoms with Gasteiger partial charge in [0, 0.05) is 16.6 Å².